The lowest BCUT2D eigenvalue weighted by Gasteiger charge is -2.21. The fraction of sp³-hybridized carbons (Fsp3) is 0.143. The van der Waals surface area contributed by atoms with Crippen LogP contribution in [0.25, 0.3) is 98.9 Å². The first-order valence-corrected chi connectivity index (χ1v) is 20.4. The summed E-state index contributed by atoms with van der Waals surface area (Å²) >= 11 is 0. The van der Waals surface area contributed by atoms with Gasteiger partial charge in [0.2, 0.25) is 0 Å². The fourth-order valence-electron chi connectivity index (χ4n) is 8.69. The molecule has 2 heteroatoms. The second-order valence-corrected chi connectivity index (χ2v) is 17.9. The third-order valence-corrected chi connectivity index (χ3v) is 11.9. The summed E-state index contributed by atoms with van der Waals surface area (Å²) in [6.45, 7) is 13.7. The molecule has 0 radical (unpaired) electrons. The van der Waals surface area contributed by atoms with Crippen LogP contribution < -0.4 is 0 Å². The summed E-state index contributed by atoms with van der Waals surface area (Å²) in [5.41, 5.74) is 13.3. The molecule has 0 aliphatic heterocycles. The third kappa shape index (κ3) is 6.21. The Labute approximate surface area is 340 Å². The van der Waals surface area contributed by atoms with Crippen molar-refractivity contribution in [1.82, 2.24) is 9.97 Å². The number of hydrogen-bond acceptors (Lipinski definition) is 2. The Balaban J connectivity index is 1.09. The van der Waals surface area contributed by atoms with Crippen molar-refractivity contribution in [2.24, 2.45) is 0 Å². The van der Waals surface area contributed by atoms with Gasteiger partial charge in [-0.05, 0) is 112 Å². The standard InChI is InChI=1S/C56H46N2/c1-55(2,3)43-27-29-47-41(33-43)31-39-13-7-9-15-45(39)51(47)35-19-23-37(24-20-35)53-54(58-50-18-12-11-17-49(50)57-53)38-25-21-36(22-26-38)52-46-16-10-8-14-40(46)32-42-34-44(56(4,5)6)28-30-48(42)52/h7-34H,1-6H3. The van der Waals surface area contributed by atoms with Crippen LogP contribution in [0.3, 0.4) is 0 Å². The monoisotopic (exact) mass is 746 g/mol. The molecule has 0 atom stereocenters. The molecule has 0 aliphatic rings. The van der Waals surface area contributed by atoms with E-state index in [1.54, 1.807) is 0 Å². The van der Waals surface area contributed by atoms with Gasteiger partial charge in [-0.25, -0.2) is 9.97 Å². The molecule has 0 amide bonds. The normalized spacial score (nSPS) is 12.3. The number of benzene rings is 9. The Bertz CT molecular complexity index is 2990. The quantitative estimate of drug-likeness (QED) is 0.168. The van der Waals surface area contributed by atoms with Gasteiger partial charge < -0.3 is 0 Å². The Hall–Kier alpha value is -6.64. The molecule has 0 unspecified atom stereocenters. The molecule has 0 bridgehead atoms. The average molecular weight is 747 g/mol. The highest BCUT2D eigenvalue weighted by molar-refractivity contribution is 6.14. The van der Waals surface area contributed by atoms with Crippen molar-refractivity contribution in [3.63, 3.8) is 0 Å². The van der Waals surface area contributed by atoms with Crippen molar-refractivity contribution in [1.29, 1.82) is 0 Å². The Morgan fingerprint density at radius 3 is 1.05 bits per heavy atom. The Morgan fingerprint density at radius 1 is 0.310 bits per heavy atom. The first-order chi connectivity index (χ1) is 28.0. The van der Waals surface area contributed by atoms with E-state index in [2.05, 4.69) is 199 Å². The largest absolute Gasteiger partial charge is 0.244 e. The maximum Gasteiger partial charge on any atom is 0.0973 e. The maximum atomic E-state index is 5.28. The van der Waals surface area contributed by atoms with Crippen LogP contribution in [0.2, 0.25) is 0 Å². The predicted octanol–water partition coefficient (Wildman–Crippen LogP) is 15.5. The van der Waals surface area contributed by atoms with E-state index in [-0.39, 0.29) is 10.8 Å². The van der Waals surface area contributed by atoms with Crippen molar-refractivity contribution < 1.29 is 0 Å². The van der Waals surface area contributed by atoms with Crippen molar-refractivity contribution in [2.45, 2.75) is 52.4 Å². The van der Waals surface area contributed by atoms with Crippen LogP contribution >= 0.6 is 0 Å². The van der Waals surface area contributed by atoms with Crippen molar-refractivity contribution in [3.8, 4) is 44.8 Å². The zero-order valence-electron chi connectivity index (χ0n) is 34.1. The first-order valence-electron chi connectivity index (χ1n) is 20.4. The number of hydrogen-bond donors (Lipinski definition) is 0. The summed E-state index contributed by atoms with van der Waals surface area (Å²) in [5.74, 6) is 0. The summed E-state index contributed by atoms with van der Waals surface area (Å²) in [6, 6.07) is 62.2. The van der Waals surface area contributed by atoms with Gasteiger partial charge in [0.05, 0.1) is 22.4 Å². The highest BCUT2D eigenvalue weighted by atomic mass is 14.8. The molecular formula is C56H46N2. The van der Waals surface area contributed by atoms with Crippen LogP contribution in [0.15, 0.2) is 170 Å². The molecule has 0 saturated carbocycles. The molecule has 58 heavy (non-hydrogen) atoms. The van der Waals surface area contributed by atoms with Crippen LogP contribution in [-0.2, 0) is 10.8 Å². The molecule has 10 aromatic rings. The van der Waals surface area contributed by atoms with E-state index in [1.807, 2.05) is 12.1 Å². The minimum atomic E-state index is 0.0708. The summed E-state index contributed by atoms with van der Waals surface area (Å²) < 4.78 is 0. The molecule has 1 aromatic heterocycles. The lowest BCUT2D eigenvalue weighted by Crippen LogP contribution is -2.10. The minimum Gasteiger partial charge on any atom is -0.244 e. The smallest absolute Gasteiger partial charge is 0.0973 e. The highest BCUT2D eigenvalue weighted by Gasteiger charge is 2.20. The number of fused-ring (bicyclic) bond motifs is 5. The Morgan fingerprint density at radius 2 is 0.655 bits per heavy atom. The molecule has 2 nitrogen and oxygen atoms in total. The summed E-state index contributed by atoms with van der Waals surface area (Å²) in [5, 5.41) is 10.1. The van der Waals surface area contributed by atoms with E-state index in [0.717, 1.165) is 33.5 Å². The predicted molar refractivity (Wildman–Crippen MR) is 249 cm³/mol. The molecule has 0 aliphatic carbocycles. The first kappa shape index (κ1) is 35.8. The summed E-state index contributed by atoms with van der Waals surface area (Å²) in [4.78, 5) is 10.6. The average Bonchev–Trinajstić information content (AvgIpc) is 3.23. The van der Waals surface area contributed by atoms with Gasteiger partial charge in [-0.15, -0.1) is 0 Å². The SMILES string of the molecule is CC(C)(C)c1ccc2c(-c3ccc(-c4nc5ccccc5nc4-c4ccc(-c5c6ccccc6cc6cc(C(C)(C)C)ccc56)cc4)cc3)c3ccccc3cc2c1. The lowest BCUT2D eigenvalue weighted by molar-refractivity contribution is 0.591. The van der Waals surface area contributed by atoms with E-state index in [0.29, 0.717) is 0 Å². The van der Waals surface area contributed by atoms with E-state index >= 15 is 0 Å². The molecule has 0 N–H and O–H groups in total. The van der Waals surface area contributed by atoms with Crippen LogP contribution in [0.1, 0.15) is 52.7 Å². The van der Waals surface area contributed by atoms with E-state index < -0.39 is 0 Å². The molecule has 0 spiro atoms. The fourth-order valence-corrected chi connectivity index (χ4v) is 8.69. The zero-order chi connectivity index (χ0) is 39.8. The van der Waals surface area contributed by atoms with E-state index in [4.69, 9.17) is 9.97 Å². The van der Waals surface area contributed by atoms with E-state index in [9.17, 15) is 0 Å². The summed E-state index contributed by atoms with van der Waals surface area (Å²) in [6.07, 6.45) is 0. The second-order valence-electron chi connectivity index (χ2n) is 17.9. The molecule has 280 valence electrons. The van der Waals surface area contributed by atoms with Gasteiger partial charge in [-0.3, -0.25) is 0 Å². The van der Waals surface area contributed by atoms with Crippen molar-refractivity contribution >= 4 is 54.1 Å². The number of rotatable bonds is 4. The molecule has 9 aromatic carbocycles. The minimum absolute atomic E-state index is 0.0708. The van der Waals surface area contributed by atoms with Gasteiger partial charge in [-0.1, -0.05) is 187 Å². The molecule has 1 heterocycles. The van der Waals surface area contributed by atoms with Gasteiger partial charge in [-0.2, -0.15) is 0 Å². The van der Waals surface area contributed by atoms with E-state index in [1.165, 1.54) is 76.5 Å². The van der Waals surface area contributed by atoms with Gasteiger partial charge in [0.15, 0.2) is 0 Å². The number of aromatic nitrogens is 2. The van der Waals surface area contributed by atoms with Crippen LogP contribution in [0.4, 0.5) is 0 Å². The maximum absolute atomic E-state index is 5.28. The zero-order valence-corrected chi connectivity index (χ0v) is 34.1. The van der Waals surface area contributed by atoms with Gasteiger partial charge in [0.1, 0.15) is 0 Å². The topological polar surface area (TPSA) is 25.8 Å². The van der Waals surface area contributed by atoms with Gasteiger partial charge in [0.25, 0.3) is 0 Å². The molecule has 0 fully saturated rings. The molecular weight excluding hydrogens is 701 g/mol. The summed E-state index contributed by atoms with van der Waals surface area (Å²) in [7, 11) is 0. The van der Waals surface area contributed by atoms with Crippen LogP contribution in [0, 0.1) is 0 Å². The van der Waals surface area contributed by atoms with Crippen molar-refractivity contribution in [2.75, 3.05) is 0 Å². The lowest BCUT2D eigenvalue weighted by atomic mass is 9.84. The van der Waals surface area contributed by atoms with Crippen LogP contribution in [-0.4, -0.2) is 9.97 Å². The third-order valence-electron chi connectivity index (χ3n) is 11.9. The van der Waals surface area contributed by atoms with Gasteiger partial charge in [0, 0.05) is 11.1 Å². The highest BCUT2D eigenvalue weighted by Crippen LogP contribution is 2.42. The number of para-hydroxylation sites is 2. The Kier molecular flexibility index (Phi) is 8.32. The number of nitrogens with zero attached hydrogens (tertiary/aromatic N) is 2. The molecule has 0 saturated heterocycles. The van der Waals surface area contributed by atoms with Crippen LogP contribution in [0.5, 0.6) is 0 Å². The van der Waals surface area contributed by atoms with Gasteiger partial charge >= 0.3 is 0 Å². The van der Waals surface area contributed by atoms with Crippen molar-refractivity contribution in [3.05, 3.63) is 181 Å². The molecule has 10 rings (SSSR count). The second kappa shape index (κ2) is 13.5.